The number of ether oxygens (including phenoxy) is 1. The van der Waals surface area contributed by atoms with Gasteiger partial charge in [0.2, 0.25) is 0 Å². The standard InChI is InChI=1S/C15H15F5O3/c1-6-8(4-5-9(16)11(6)17)10-7(2)14(3,15(18,19)20)23-12(10)13(21)22/h4-5,7,10,12H,1-3H3,(H,21,22)/t7?,10?,12-,14?/m1/s1. The van der Waals surface area contributed by atoms with Crippen molar-refractivity contribution in [1.82, 2.24) is 0 Å². The Bertz CT molecular complexity index is 643. The van der Waals surface area contributed by atoms with Crippen LogP contribution in [0.4, 0.5) is 22.0 Å². The number of carbonyl (C=O) groups is 1. The van der Waals surface area contributed by atoms with E-state index in [-0.39, 0.29) is 11.1 Å². The van der Waals surface area contributed by atoms with Crippen molar-refractivity contribution in [2.45, 2.75) is 44.6 Å². The smallest absolute Gasteiger partial charge is 0.417 e. The van der Waals surface area contributed by atoms with E-state index in [0.29, 0.717) is 0 Å². The Hall–Kier alpha value is -1.70. The van der Waals surface area contributed by atoms with Gasteiger partial charge in [-0.25, -0.2) is 13.6 Å². The van der Waals surface area contributed by atoms with Crippen LogP contribution in [-0.4, -0.2) is 29.0 Å². The van der Waals surface area contributed by atoms with Crippen molar-refractivity contribution in [3.63, 3.8) is 0 Å². The van der Waals surface area contributed by atoms with Gasteiger partial charge in [0.25, 0.3) is 0 Å². The Labute approximate surface area is 129 Å². The molecule has 1 fully saturated rings. The summed E-state index contributed by atoms with van der Waals surface area (Å²) in [5.74, 6) is -6.50. The summed E-state index contributed by atoms with van der Waals surface area (Å²) >= 11 is 0. The molecule has 1 aromatic rings. The summed E-state index contributed by atoms with van der Waals surface area (Å²) in [6, 6.07) is 1.88. The fourth-order valence-corrected chi connectivity index (χ4v) is 3.04. The molecule has 1 aliphatic heterocycles. The highest BCUT2D eigenvalue weighted by Crippen LogP contribution is 2.53. The van der Waals surface area contributed by atoms with Crippen LogP contribution < -0.4 is 0 Å². The molecule has 1 heterocycles. The molecule has 128 valence electrons. The molecule has 0 aliphatic carbocycles. The highest BCUT2D eigenvalue weighted by atomic mass is 19.4. The average Bonchev–Trinajstić information content (AvgIpc) is 2.71. The summed E-state index contributed by atoms with van der Waals surface area (Å²) in [6.45, 7) is 3.16. The van der Waals surface area contributed by atoms with Crippen LogP contribution in [0.3, 0.4) is 0 Å². The lowest BCUT2D eigenvalue weighted by atomic mass is 9.76. The van der Waals surface area contributed by atoms with Crippen LogP contribution in [0.5, 0.6) is 0 Å². The second kappa shape index (κ2) is 5.43. The summed E-state index contributed by atoms with van der Waals surface area (Å²) in [7, 11) is 0. The van der Waals surface area contributed by atoms with Crippen LogP contribution >= 0.6 is 0 Å². The Morgan fingerprint density at radius 2 is 1.87 bits per heavy atom. The molecule has 0 amide bonds. The molecular formula is C15H15F5O3. The number of hydrogen-bond donors (Lipinski definition) is 1. The Kier molecular flexibility index (Phi) is 4.17. The van der Waals surface area contributed by atoms with E-state index in [1.165, 1.54) is 13.8 Å². The summed E-state index contributed by atoms with van der Waals surface area (Å²) in [4.78, 5) is 11.3. The zero-order valence-corrected chi connectivity index (χ0v) is 12.5. The lowest BCUT2D eigenvalue weighted by molar-refractivity contribution is -0.273. The summed E-state index contributed by atoms with van der Waals surface area (Å²) in [5, 5.41) is 9.22. The molecule has 0 radical (unpaired) electrons. The number of benzene rings is 1. The van der Waals surface area contributed by atoms with Gasteiger partial charge in [0, 0.05) is 11.8 Å². The average molecular weight is 338 g/mol. The van der Waals surface area contributed by atoms with E-state index in [4.69, 9.17) is 4.74 Å². The Morgan fingerprint density at radius 3 is 2.35 bits per heavy atom. The first-order chi connectivity index (χ1) is 10.4. The van der Waals surface area contributed by atoms with E-state index in [0.717, 1.165) is 19.1 Å². The normalized spacial score (nSPS) is 31.4. The lowest BCUT2D eigenvalue weighted by Crippen LogP contribution is -2.47. The number of carboxylic acid groups (broad SMARTS) is 1. The highest BCUT2D eigenvalue weighted by molar-refractivity contribution is 5.75. The van der Waals surface area contributed by atoms with Crippen LogP contribution in [0.15, 0.2) is 12.1 Å². The van der Waals surface area contributed by atoms with Crippen molar-refractivity contribution in [2.24, 2.45) is 5.92 Å². The number of aliphatic carboxylic acids is 1. The fourth-order valence-electron chi connectivity index (χ4n) is 3.04. The highest BCUT2D eigenvalue weighted by Gasteiger charge is 2.65. The van der Waals surface area contributed by atoms with E-state index in [9.17, 15) is 31.9 Å². The van der Waals surface area contributed by atoms with Gasteiger partial charge < -0.3 is 9.84 Å². The van der Waals surface area contributed by atoms with E-state index in [2.05, 4.69) is 0 Å². The summed E-state index contributed by atoms with van der Waals surface area (Å²) in [5.41, 5.74) is -2.92. The van der Waals surface area contributed by atoms with Crippen LogP contribution in [0.2, 0.25) is 0 Å². The van der Waals surface area contributed by atoms with E-state index in [1.54, 1.807) is 0 Å². The fraction of sp³-hybridized carbons (Fsp3) is 0.533. The molecule has 23 heavy (non-hydrogen) atoms. The zero-order chi connectivity index (χ0) is 17.7. The predicted molar refractivity (Wildman–Crippen MR) is 70.0 cm³/mol. The Morgan fingerprint density at radius 1 is 1.30 bits per heavy atom. The maximum Gasteiger partial charge on any atom is 0.417 e. The van der Waals surface area contributed by atoms with Gasteiger partial charge in [0.15, 0.2) is 23.3 Å². The Balaban J connectivity index is 2.60. The lowest BCUT2D eigenvalue weighted by Gasteiger charge is -2.32. The van der Waals surface area contributed by atoms with Crippen molar-refractivity contribution in [3.05, 3.63) is 34.9 Å². The molecule has 1 aromatic carbocycles. The molecule has 0 saturated carbocycles. The first-order valence-corrected chi connectivity index (χ1v) is 6.83. The minimum Gasteiger partial charge on any atom is -0.479 e. The number of halogens is 5. The number of alkyl halides is 3. The van der Waals surface area contributed by atoms with Crippen molar-refractivity contribution >= 4 is 5.97 Å². The molecular weight excluding hydrogens is 323 g/mol. The van der Waals surface area contributed by atoms with Gasteiger partial charge in [-0.15, -0.1) is 0 Å². The molecule has 3 unspecified atom stereocenters. The van der Waals surface area contributed by atoms with Gasteiger partial charge in [-0.3, -0.25) is 0 Å². The van der Waals surface area contributed by atoms with E-state index in [1.807, 2.05) is 0 Å². The van der Waals surface area contributed by atoms with Gasteiger partial charge in [-0.05, 0) is 31.0 Å². The van der Waals surface area contributed by atoms with Gasteiger partial charge >= 0.3 is 12.1 Å². The van der Waals surface area contributed by atoms with Crippen molar-refractivity contribution in [2.75, 3.05) is 0 Å². The van der Waals surface area contributed by atoms with E-state index >= 15 is 0 Å². The molecule has 8 heteroatoms. The minimum absolute atomic E-state index is 0.00299. The topological polar surface area (TPSA) is 46.5 Å². The first kappa shape index (κ1) is 17.7. The molecule has 1 N–H and O–H groups in total. The second-order valence-corrected chi connectivity index (χ2v) is 5.87. The number of carboxylic acids is 1. The van der Waals surface area contributed by atoms with Crippen LogP contribution in [-0.2, 0) is 9.53 Å². The van der Waals surface area contributed by atoms with Crippen molar-refractivity contribution in [3.8, 4) is 0 Å². The number of rotatable bonds is 2. The van der Waals surface area contributed by atoms with Crippen molar-refractivity contribution < 1.29 is 36.6 Å². The molecule has 1 aliphatic rings. The maximum atomic E-state index is 13.7. The monoisotopic (exact) mass is 338 g/mol. The maximum absolute atomic E-state index is 13.7. The van der Waals surface area contributed by atoms with Crippen LogP contribution in [0.1, 0.15) is 30.9 Å². The molecule has 0 bridgehead atoms. The molecule has 1 saturated heterocycles. The first-order valence-electron chi connectivity index (χ1n) is 6.83. The summed E-state index contributed by atoms with van der Waals surface area (Å²) in [6.07, 6.45) is -6.61. The predicted octanol–water partition coefficient (Wildman–Crippen LogP) is 3.80. The van der Waals surface area contributed by atoms with Gasteiger partial charge in [0.05, 0.1) is 0 Å². The van der Waals surface area contributed by atoms with Crippen LogP contribution in [0, 0.1) is 24.5 Å². The third kappa shape index (κ3) is 2.58. The molecule has 0 spiro atoms. The number of hydrogen-bond acceptors (Lipinski definition) is 2. The van der Waals surface area contributed by atoms with E-state index < -0.39 is 47.3 Å². The minimum atomic E-state index is -4.80. The zero-order valence-electron chi connectivity index (χ0n) is 12.5. The quantitative estimate of drug-likeness (QED) is 0.835. The third-order valence-electron chi connectivity index (χ3n) is 4.65. The molecule has 0 aromatic heterocycles. The van der Waals surface area contributed by atoms with Gasteiger partial charge in [-0.1, -0.05) is 13.0 Å². The largest absolute Gasteiger partial charge is 0.479 e. The SMILES string of the molecule is Cc1c(C2C(C)C(C)(C(F)(F)F)O[C@H]2C(=O)O)ccc(F)c1F. The molecule has 4 atom stereocenters. The summed E-state index contributed by atoms with van der Waals surface area (Å²) < 4.78 is 71.8. The molecule has 2 rings (SSSR count). The van der Waals surface area contributed by atoms with Crippen molar-refractivity contribution in [1.29, 1.82) is 0 Å². The van der Waals surface area contributed by atoms with Gasteiger partial charge in [-0.2, -0.15) is 13.2 Å². The van der Waals surface area contributed by atoms with Crippen LogP contribution in [0.25, 0.3) is 0 Å². The van der Waals surface area contributed by atoms with Gasteiger partial charge in [0.1, 0.15) is 0 Å². The second-order valence-electron chi connectivity index (χ2n) is 5.87. The third-order valence-corrected chi connectivity index (χ3v) is 4.65. The molecule has 3 nitrogen and oxygen atoms in total.